The van der Waals surface area contributed by atoms with Gasteiger partial charge >= 0.3 is 5.97 Å². The van der Waals surface area contributed by atoms with E-state index >= 15 is 0 Å². The highest BCUT2D eigenvalue weighted by atomic mass is 32.2. The van der Waals surface area contributed by atoms with Crippen molar-refractivity contribution in [3.8, 4) is 0 Å². The summed E-state index contributed by atoms with van der Waals surface area (Å²) in [7, 11) is 0. The molecule has 0 heterocycles. The molecule has 0 aromatic rings. The SMILES string of the molecule is CCCCC(SCCCCC(C)F)C(=O)OCCC. The second-order valence-corrected chi connectivity index (χ2v) is 6.26. The molecule has 2 unspecified atom stereocenters. The maximum atomic E-state index is 12.6. The molecular formula is C15H29FO2S. The van der Waals surface area contributed by atoms with Crippen molar-refractivity contribution in [1.82, 2.24) is 0 Å². The van der Waals surface area contributed by atoms with Gasteiger partial charge in [0.15, 0.2) is 0 Å². The molecule has 0 N–H and O–H groups in total. The Morgan fingerprint density at radius 1 is 1.16 bits per heavy atom. The van der Waals surface area contributed by atoms with Gasteiger partial charge in [0.05, 0.1) is 12.8 Å². The Balaban J connectivity index is 3.88. The Labute approximate surface area is 121 Å². The predicted molar refractivity (Wildman–Crippen MR) is 81.4 cm³/mol. The zero-order chi connectivity index (χ0) is 14.5. The number of hydrogen-bond acceptors (Lipinski definition) is 3. The Bertz CT molecular complexity index is 222. The number of alkyl halides is 1. The normalized spacial score (nSPS) is 14.1. The first-order valence-corrected chi connectivity index (χ1v) is 8.59. The van der Waals surface area contributed by atoms with Crippen LogP contribution in [0.3, 0.4) is 0 Å². The molecule has 0 amide bonds. The first kappa shape index (κ1) is 18.8. The van der Waals surface area contributed by atoms with Crippen molar-refractivity contribution in [3.63, 3.8) is 0 Å². The molecule has 0 aliphatic heterocycles. The number of ether oxygens (including phenoxy) is 1. The smallest absolute Gasteiger partial charge is 0.319 e. The van der Waals surface area contributed by atoms with E-state index in [0.29, 0.717) is 13.0 Å². The van der Waals surface area contributed by atoms with E-state index < -0.39 is 6.17 Å². The standard InChI is InChI=1S/C15H29FO2S/c1-4-6-10-14(15(17)18-11-5-2)19-12-8-7-9-13(3)16/h13-14H,4-12H2,1-3H3. The Morgan fingerprint density at radius 3 is 2.47 bits per heavy atom. The van der Waals surface area contributed by atoms with Crippen LogP contribution in [0.1, 0.15) is 65.7 Å². The third-order valence-corrected chi connectivity index (χ3v) is 4.20. The van der Waals surface area contributed by atoms with Crippen molar-refractivity contribution in [1.29, 1.82) is 0 Å². The van der Waals surface area contributed by atoms with E-state index in [0.717, 1.165) is 44.3 Å². The summed E-state index contributed by atoms with van der Waals surface area (Å²) in [6.45, 7) is 6.24. The van der Waals surface area contributed by atoms with Gasteiger partial charge in [0.2, 0.25) is 0 Å². The molecule has 0 aromatic carbocycles. The number of rotatable bonds is 12. The predicted octanol–water partition coefficient (Wildman–Crippen LogP) is 4.76. The molecule has 0 aliphatic rings. The second kappa shape index (κ2) is 12.8. The van der Waals surface area contributed by atoms with Gasteiger partial charge in [-0.3, -0.25) is 4.79 Å². The highest BCUT2D eigenvalue weighted by Crippen LogP contribution is 2.21. The van der Waals surface area contributed by atoms with Gasteiger partial charge in [-0.1, -0.05) is 26.7 Å². The van der Waals surface area contributed by atoms with Crippen LogP contribution in [0, 0.1) is 0 Å². The molecule has 0 aromatic heterocycles. The molecule has 2 nitrogen and oxygen atoms in total. The summed E-state index contributed by atoms with van der Waals surface area (Å²) in [4.78, 5) is 11.9. The van der Waals surface area contributed by atoms with Crippen molar-refractivity contribution in [2.24, 2.45) is 0 Å². The Kier molecular flexibility index (Phi) is 12.6. The third-order valence-electron chi connectivity index (χ3n) is 2.85. The number of unbranched alkanes of at least 4 members (excludes halogenated alkanes) is 2. The van der Waals surface area contributed by atoms with Crippen LogP contribution in [0.15, 0.2) is 0 Å². The van der Waals surface area contributed by atoms with Gasteiger partial charge in [0.1, 0.15) is 5.25 Å². The first-order chi connectivity index (χ1) is 9.11. The van der Waals surface area contributed by atoms with Crippen LogP contribution < -0.4 is 0 Å². The van der Waals surface area contributed by atoms with Crippen molar-refractivity contribution in [3.05, 3.63) is 0 Å². The van der Waals surface area contributed by atoms with E-state index in [2.05, 4.69) is 6.92 Å². The molecule has 0 rings (SSSR count). The summed E-state index contributed by atoms with van der Waals surface area (Å²) in [5.41, 5.74) is 0. The number of esters is 1. The summed E-state index contributed by atoms with van der Waals surface area (Å²) in [5.74, 6) is 0.849. The van der Waals surface area contributed by atoms with Gasteiger partial charge in [-0.2, -0.15) is 0 Å². The zero-order valence-electron chi connectivity index (χ0n) is 12.6. The fourth-order valence-corrected chi connectivity index (χ4v) is 2.90. The molecule has 0 radical (unpaired) electrons. The largest absolute Gasteiger partial charge is 0.465 e. The van der Waals surface area contributed by atoms with Gasteiger partial charge in [-0.25, -0.2) is 4.39 Å². The number of halogens is 1. The fraction of sp³-hybridized carbons (Fsp3) is 0.933. The lowest BCUT2D eigenvalue weighted by Crippen LogP contribution is -2.21. The van der Waals surface area contributed by atoms with E-state index in [4.69, 9.17) is 4.74 Å². The molecule has 0 saturated carbocycles. The average Bonchev–Trinajstić information content (AvgIpc) is 2.38. The fourth-order valence-electron chi connectivity index (χ4n) is 1.71. The lowest BCUT2D eigenvalue weighted by Gasteiger charge is -2.15. The van der Waals surface area contributed by atoms with Crippen molar-refractivity contribution >= 4 is 17.7 Å². The lowest BCUT2D eigenvalue weighted by molar-refractivity contribution is -0.143. The first-order valence-electron chi connectivity index (χ1n) is 7.54. The Morgan fingerprint density at radius 2 is 1.89 bits per heavy atom. The van der Waals surface area contributed by atoms with E-state index in [1.54, 1.807) is 18.7 Å². The van der Waals surface area contributed by atoms with Gasteiger partial charge in [0, 0.05) is 0 Å². The molecule has 2 atom stereocenters. The minimum absolute atomic E-state index is 0.0331. The van der Waals surface area contributed by atoms with Crippen LogP contribution in [-0.4, -0.2) is 29.8 Å². The second-order valence-electron chi connectivity index (χ2n) is 4.95. The average molecular weight is 292 g/mol. The minimum atomic E-state index is -0.713. The van der Waals surface area contributed by atoms with Gasteiger partial charge < -0.3 is 4.74 Å². The number of hydrogen-bond donors (Lipinski definition) is 0. The van der Waals surface area contributed by atoms with Crippen LogP contribution in [0.2, 0.25) is 0 Å². The molecule has 19 heavy (non-hydrogen) atoms. The van der Waals surface area contributed by atoms with Crippen LogP contribution in [0.4, 0.5) is 4.39 Å². The number of carbonyl (C=O) groups excluding carboxylic acids is 1. The van der Waals surface area contributed by atoms with Crippen LogP contribution in [0.5, 0.6) is 0 Å². The van der Waals surface area contributed by atoms with Crippen LogP contribution in [-0.2, 0) is 9.53 Å². The van der Waals surface area contributed by atoms with Gasteiger partial charge in [0.25, 0.3) is 0 Å². The molecule has 0 bridgehead atoms. The summed E-state index contributed by atoms with van der Waals surface area (Å²) in [5, 5.41) is -0.0331. The number of carbonyl (C=O) groups is 1. The van der Waals surface area contributed by atoms with E-state index in [1.165, 1.54) is 0 Å². The quantitative estimate of drug-likeness (QED) is 0.383. The van der Waals surface area contributed by atoms with Crippen LogP contribution >= 0.6 is 11.8 Å². The molecule has 0 saturated heterocycles. The van der Waals surface area contributed by atoms with Gasteiger partial charge in [-0.05, 0) is 44.8 Å². The summed E-state index contributed by atoms with van der Waals surface area (Å²) >= 11 is 1.67. The molecular weight excluding hydrogens is 263 g/mol. The van der Waals surface area contributed by atoms with E-state index in [-0.39, 0.29) is 11.2 Å². The van der Waals surface area contributed by atoms with Crippen LogP contribution in [0.25, 0.3) is 0 Å². The molecule has 4 heteroatoms. The molecule has 0 spiro atoms. The highest BCUT2D eigenvalue weighted by molar-refractivity contribution is 8.00. The summed E-state index contributed by atoms with van der Waals surface area (Å²) in [6.07, 6.45) is 5.69. The zero-order valence-corrected chi connectivity index (χ0v) is 13.4. The Hall–Kier alpha value is -0.250. The molecule has 0 fully saturated rings. The maximum absolute atomic E-state index is 12.6. The van der Waals surface area contributed by atoms with Gasteiger partial charge in [-0.15, -0.1) is 11.8 Å². The van der Waals surface area contributed by atoms with E-state index in [1.807, 2.05) is 6.92 Å². The summed E-state index contributed by atoms with van der Waals surface area (Å²) < 4.78 is 17.9. The monoisotopic (exact) mass is 292 g/mol. The highest BCUT2D eigenvalue weighted by Gasteiger charge is 2.19. The molecule has 0 aliphatic carbocycles. The maximum Gasteiger partial charge on any atom is 0.319 e. The van der Waals surface area contributed by atoms with Crippen molar-refractivity contribution in [2.45, 2.75) is 77.1 Å². The minimum Gasteiger partial charge on any atom is -0.465 e. The van der Waals surface area contributed by atoms with Crippen molar-refractivity contribution in [2.75, 3.05) is 12.4 Å². The number of thioether (sulfide) groups is 1. The van der Waals surface area contributed by atoms with E-state index in [9.17, 15) is 9.18 Å². The summed E-state index contributed by atoms with van der Waals surface area (Å²) in [6, 6.07) is 0. The van der Waals surface area contributed by atoms with Crippen molar-refractivity contribution < 1.29 is 13.9 Å². The third kappa shape index (κ3) is 11.3. The lowest BCUT2D eigenvalue weighted by atomic mass is 10.2. The topological polar surface area (TPSA) is 26.3 Å². The molecule has 114 valence electrons.